The summed E-state index contributed by atoms with van der Waals surface area (Å²) < 4.78 is 0. The van der Waals surface area contributed by atoms with Crippen molar-refractivity contribution in [3.05, 3.63) is 29.8 Å². The molecule has 0 saturated carbocycles. The van der Waals surface area contributed by atoms with E-state index in [1.807, 2.05) is 18.4 Å². The van der Waals surface area contributed by atoms with Gasteiger partial charge in [0.25, 0.3) is 0 Å². The Kier molecular flexibility index (Phi) is 5.57. The fraction of sp³-hybridized carbons (Fsp3) is 0.400. The van der Waals surface area contributed by atoms with Gasteiger partial charge in [0.15, 0.2) is 0 Å². The van der Waals surface area contributed by atoms with Gasteiger partial charge in [-0.15, -0.1) is 11.8 Å². The molecule has 6 nitrogen and oxygen atoms in total. The van der Waals surface area contributed by atoms with Crippen molar-refractivity contribution in [3.8, 4) is 0 Å². The van der Waals surface area contributed by atoms with E-state index in [4.69, 9.17) is 0 Å². The molecule has 1 saturated heterocycles. The first-order valence-electron chi connectivity index (χ1n) is 6.93. The maximum atomic E-state index is 11.8. The number of carbonyl (C=O) groups is 3. The van der Waals surface area contributed by atoms with Crippen LogP contribution in [0.15, 0.2) is 29.2 Å². The summed E-state index contributed by atoms with van der Waals surface area (Å²) >= 11 is 1.60. The molecule has 1 aliphatic rings. The molecule has 1 aromatic carbocycles. The first-order chi connectivity index (χ1) is 10.5. The third kappa shape index (κ3) is 4.08. The lowest BCUT2D eigenvalue weighted by Gasteiger charge is -2.16. The monoisotopic (exact) mass is 322 g/mol. The molecule has 2 rings (SSSR count). The fourth-order valence-electron chi connectivity index (χ4n) is 2.15. The Labute approximate surface area is 132 Å². The Balaban J connectivity index is 1.82. The van der Waals surface area contributed by atoms with Gasteiger partial charge in [-0.05, 0) is 24.0 Å². The van der Waals surface area contributed by atoms with Gasteiger partial charge in [0.1, 0.15) is 6.54 Å². The van der Waals surface area contributed by atoms with E-state index in [-0.39, 0.29) is 37.7 Å². The number of nitrogens with zero attached hydrogens (tertiary/aromatic N) is 1. The van der Waals surface area contributed by atoms with Gasteiger partial charge in [0.05, 0.1) is 6.10 Å². The number of hydrogen-bond donors (Lipinski definition) is 2. The average molecular weight is 322 g/mol. The van der Waals surface area contributed by atoms with Crippen LogP contribution >= 0.6 is 11.8 Å². The van der Waals surface area contributed by atoms with E-state index in [2.05, 4.69) is 5.32 Å². The molecule has 1 atom stereocenters. The number of amides is 3. The standard InChI is InChI=1S/C15H18N2O4S/c1-22-11-4-2-10(3-5-11)12(18)8-16-13(19)9-17-14(20)6-7-15(17)21/h2-5,12,18H,6-9H2,1H3,(H,16,19)/t12-/m1/s1. The first-order valence-corrected chi connectivity index (χ1v) is 8.15. The van der Waals surface area contributed by atoms with E-state index < -0.39 is 12.0 Å². The molecule has 7 heteroatoms. The van der Waals surface area contributed by atoms with Crippen molar-refractivity contribution in [1.82, 2.24) is 10.2 Å². The predicted molar refractivity (Wildman–Crippen MR) is 82.1 cm³/mol. The maximum absolute atomic E-state index is 11.8. The number of nitrogens with one attached hydrogen (secondary N) is 1. The zero-order valence-corrected chi connectivity index (χ0v) is 13.1. The van der Waals surface area contributed by atoms with Gasteiger partial charge < -0.3 is 10.4 Å². The molecule has 3 amide bonds. The van der Waals surface area contributed by atoms with E-state index in [9.17, 15) is 19.5 Å². The van der Waals surface area contributed by atoms with Crippen LogP contribution in [0.4, 0.5) is 0 Å². The van der Waals surface area contributed by atoms with Crippen molar-refractivity contribution < 1.29 is 19.5 Å². The molecule has 0 spiro atoms. The smallest absolute Gasteiger partial charge is 0.240 e. The number of likely N-dealkylation sites (tertiary alicyclic amines) is 1. The molecule has 0 radical (unpaired) electrons. The Morgan fingerprint density at radius 2 is 1.86 bits per heavy atom. The second-order valence-electron chi connectivity index (χ2n) is 4.97. The SMILES string of the molecule is CSc1ccc([C@H](O)CNC(=O)CN2C(=O)CCC2=O)cc1. The lowest BCUT2D eigenvalue weighted by Crippen LogP contribution is -2.41. The predicted octanol–water partition coefficient (Wildman–Crippen LogP) is 0.707. The van der Waals surface area contributed by atoms with Gasteiger partial charge in [-0.25, -0.2) is 0 Å². The molecule has 0 unspecified atom stereocenters. The summed E-state index contributed by atoms with van der Waals surface area (Å²) in [7, 11) is 0. The summed E-state index contributed by atoms with van der Waals surface area (Å²) in [4.78, 5) is 36.6. The Bertz CT molecular complexity index is 557. The minimum Gasteiger partial charge on any atom is -0.387 e. The number of imide groups is 1. The molecule has 1 fully saturated rings. The van der Waals surface area contributed by atoms with Gasteiger partial charge in [-0.3, -0.25) is 19.3 Å². The van der Waals surface area contributed by atoms with Crippen LogP contribution in [0.3, 0.4) is 0 Å². The van der Waals surface area contributed by atoms with Crippen LogP contribution in [-0.2, 0) is 14.4 Å². The number of rotatable bonds is 6. The van der Waals surface area contributed by atoms with Crippen LogP contribution in [0.2, 0.25) is 0 Å². The molecule has 22 heavy (non-hydrogen) atoms. The molecular formula is C15H18N2O4S. The Morgan fingerprint density at radius 3 is 2.41 bits per heavy atom. The van der Waals surface area contributed by atoms with Crippen LogP contribution in [0.25, 0.3) is 0 Å². The molecule has 1 aromatic rings. The second kappa shape index (κ2) is 7.42. The molecule has 2 N–H and O–H groups in total. The summed E-state index contributed by atoms with van der Waals surface area (Å²) in [6.45, 7) is -0.247. The number of thioether (sulfide) groups is 1. The molecular weight excluding hydrogens is 304 g/mol. The van der Waals surface area contributed by atoms with Gasteiger partial charge in [0, 0.05) is 24.3 Å². The molecule has 1 heterocycles. The van der Waals surface area contributed by atoms with Crippen molar-refractivity contribution in [2.45, 2.75) is 23.8 Å². The topological polar surface area (TPSA) is 86.7 Å². The molecule has 0 aromatic heterocycles. The third-order valence-electron chi connectivity index (χ3n) is 3.45. The van der Waals surface area contributed by atoms with Gasteiger partial charge in [-0.1, -0.05) is 12.1 Å². The van der Waals surface area contributed by atoms with Gasteiger partial charge in [0.2, 0.25) is 17.7 Å². The summed E-state index contributed by atoms with van der Waals surface area (Å²) in [5.74, 6) is -1.11. The van der Waals surface area contributed by atoms with E-state index in [0.29, 0.717) is 5.56 Å². The summed E-state index contributed by atoms with van der Waals surface area (Å²) in [6.07, 6.45) is 1.46. The van der Waals surface area contributed by atoms with Crippen LogP contribution < -0.4 is 5.32 Å². The summed E-state index contributed by atoms with van der Waals surface area (Å²) in [5.41, 5.74) is 0.700. The third-order valence-corrected chi connectivity index (χ3v) is 4.19. The van der Waals surface area contributed by atoms with Crippen molar-refractivity contribution in [2.24, 2.45) is 0 Å². The zero-order valence-electron chi connectivity index (χ0n) is 12.2. The Morgan fingerprint density at radius 1 is 1.27 bits per heavy atom. The summed E-state index contributed by atoms with van der Waals surface area (Å²) in [6, 6.07) is 7.39. The van der Waals surface area contributed by atoms with E-state index >= 15 is 0 Å². The molecule has 118 valence electrons. The normalized spacial score (nSPS) is 16.0. The maximum Gasteiger partial charge on any atom is 0.240 e. The number of carbonyl (C=O) groups excluding carboxylic acids is 3. The minimum atomic E-state index is -0.829. The highest BCUT2D eigenvalue weighted by molar-refractivity contribution is 7.98. The average Bonchev–Trinajstić information content (AvgIpc) is 2.84. The van der Waals surface area contributed by atoms with Crippen molar-refractivity contribution in [3.63, 3.8) is 0 Å². The fourth-order valence-corrected chi connectivity index (χ4v) is 2.56. The Hall–Kier alpha value is -1.86. The van der Waals surface area contributed by atoms with Crippen LogP contribution in [0.5, 0.6) is 0 Å². The van der Waals surface area contributed by atoms with Crippen LogP contribution in [0, 0.1) is 0 Å². The number of aliphatic hydroxyl groups is 1. The highest BCUT2D eigenvalue weighted by Crippen LogP contribution is 2.18. The minimum absolute atomic E-state index is 0.0354. The van der Waals surface area contributed by atoms with Crippen molar-refractivity contribution in [2.75, 3.05) is 19.3 Å². The quantitative estimate of drug-likeness (QED) is 0.595. The van der Waals surface area contributed by atoms with Crippen molar-refractivity contribution in [1.29, 1.82) is 0 Å². The van der Waals surface area contributed by atoms with Crippen LogP contribution in [-0.4, -0.2) is 47.1 Å². The van der Waals surface area contributed by atoms with Gasteiger partial charge in [-0.2, -0.15) is 0 Å². The van der Waals surface area contributed by atoms with E-state index in [0.717, 1.165) is 9.80 Å². The first kappa shape index (κ1) is 16.5. The zero-order chi connectivity index (χ0) is 16.1. The molecule has 0 bridgehead atoms. The van der Waals surface area contributed by atoms with Gasteiger partial charge >= 0.3 is 0 Å². The van der Waals surface area contributed by atoms with E-state index in [1.54, 1.807) is 23.9 Å². The second-order valence-corrected chi connectivity index (χ2v) is 5.85. The van der Waals surface area contributed by atoms with Crippen molar-refractivity contribution >= 4 is 29.5 Å². The summed E-state index contributed by atoms with van der Waals surface area (Å²) in [5, 5.41) is 12.6. The number of aliphatic hydroxyl groups excluding tert-OH is 1. The lowest BCUT2D eigenvalue weighted by atomic mass is 10.1. The number of benzene rings is 1. The molecule has 0 aliphatic carbocycles. The lowest BCUT2D eigenvalue weighted by molar-refractivity contribution is -0.142. The van der Waals surface area contributed by atoms with Crippen LogP contribution in [0.1, 0.15) is 24.5 Å². The largest absolute Gasteiger partial charge is 0.387 e. The highest BCUT2D eigenvalue weighted by Gasteiger charge is 2.30. The number of hydrogen-bond acceptors (Lipinski definition) is 5. The highest BCUT2D eigenvalue weighted by atomic mass is 32.2. The molecule has 1 aliphatic heterocycles. The van der Waals surface area contributed by atoms with E-state index in [1.165, 1.54) is 0 Å².